The van der Waals surface area contributed by atoms with E-state index in [4.69, 9.17) is 0 Å². The highest BCUT2D eigenvalue weighted by Gasteiger charge is 2.24. The second kappa shape index (κ2) is 8.96. The number of nitrogens with one attached hydrogen (secondary N) is 2. The number of carbonyl (C=O) groups is 1. The molecular weight excluding hydrogens is 394 g/mol. The zero-order valence-corrected chi connectivity index (χ0v) is 16.8. The molecule has 0 aliphatic carbocycles. The molecule has 1 atom stereocenters. The third-order valence-electron chi connectivity index (χ3n) is 4.19. The number of thiophene rings is 1. The van der Waals surface area contributed by atoms with E-state index in [1.807, 2.05) is 29.3 Å². The number of sulfonamides is 1. The average Bonchev–Trinajstić information content (AvgIpc) is 3.14. The molecule has 0 spiro atoms. The predicted octanol–water partition coefficient (Wildman–Crippen LogP) is 2.08. The summed E-state index contributed by atoms with van der Waals surface area (Å²) in [5, 5.41) is 5.15. The number of piperazine rings is 1. The van der Waals surface area contributed by atoms with Gasteiger partial charge in [0.1, 0.15) is 0 Å². The van der Waals surface area contributed by atoms with Gasteiger partial charge in [-0.25, -0.2) is 13.1 Å². The predicted molar refractivity (Wildman–Crippen MR) is 105 cm³/mol. The van der Waals surface area contributed by atoms with E-state index in [1.165, 1.54) is 23.5 Å². The number of nitrogens with zero attached hydrogens (tertiary/aromatic N) is 1. The number of hydrogen-bond acceptors (Lipinski definition) is 5. The van der Waals surface area contributed by atoms with Crippen LogP contribution < -0.4 is 10.0 Å². The molecule has 2 aromatic rings. The van der Waals surface area contributed by atoms with Crippen LogP contribution in [0, 0.1) is 0 Å². The Bertz CT molecular complexity index is 823. The molecule has 0 radical (unpaired) electrons. The Balaban J connectivity index is 0.00000243. The second-order valence-corrected chi connectivity index (χ2v) is 8.78. The number of amides is 1. The first-order chi connectivity index (χ1) is 12.0. The first kappa shape index (κ1) is 20.9. The van der Waals surface area contributed by atoms with Crippen molar-refractivity contribution in [1.82, 2.24) is 14.9 Å². The van der Waals surface area contributed by atoms with Crippen molar-refractivity contribution in [2.45, 2.75) is 24.4 Å². The quantitative estimate of drug-likeness (QED) is 0.783. The van der Waals surface area contributed by atoms with E-state index in [0.717, 1.165) is 18.0 Å². The second-order valence-electron chi connectivity index (χ2n) is 5.98. The van der Waals surface area contributed by atoms with Crippen molar-refractivity contribution in [2.24, 2.45) is 0 Å². The van der Waals surface area contributed by atoms with Crippen molar-refractivity contribution in [3.63, 3.8) is 0 Å². The van der Waals surface area contributed by atoms with E-state index in [1.54, 1.807) is 12.1 Å². The first-order valence-electron chi connectivity index (χ1n) is 8.11. The van der Waals surface area contributed by atoms with E-state index in [2.05, 4.69) is 10.0 Å². The van der Waals surface area contributed by atoms with Crippen LogP contribution in [-0.4, -0.2) is 44.9 Å². The molecule has 3 rings (SSSR count). The Hall–Kier alpha value is -1.45. The van der Waals surface area contributed by atoms with Gasteiger partial charge in [-0.15, -0.1) is 23.7 Å². The van der Waals surface area contributed by atoms with Crippen LogP contribution in [-0.2, 0) is 16.6 Å². The lowest BCUT2D eigenvalue weighted by atomic mass is 10.1. The molecule has 6 nitrogen and oxygen atoms in total. The number of carbonyl (C=O) groups excluding carboxylic acids is 1. The van der Waals surface area contributed by atoms with Crippen molar-refractivity contribution in [3.8, 4) is 0 Å². The lowest BCUT2D eigenvalue weighted by molar-refractivity contribution is 0.0655. The normalized spacial score (nSPS) is 17.6. The lowest BCUT2D eigenvalue weighted by Gasteiger charge is -2.34. The van der Waals surface area contributed by atoms with Crippen molar-refractivity contribution < 1.29 is 13.2 Å². The minimum atomic E-state index is -3.59. The molecule has 0 bridgehead atoms. The first-order valence-corrected chi connectivity index (χ1v) is 10.5. The molecule has 142 valence electrons. The van der Waals surface area contributed by atoms with Crippen molar-refractivity contribution in [3.05, 3.63) is 52.2 Å². The number of hydrogen-bond donors (Lipinski definition) is 2. The number of rotatable bonds is 5. The van der Waals surface area contributed by atoms with Gasteiger partial charge in [0.15, 0.2) is 0 Å². The van der Waals surface area contributed by atoms with Crippen molar-refractivity contribution in [2.75, 3.05) is 19.6 Å². The van der Waals surface area contributed by atoms with Crippen molar-refractivity contribution >= 4 is 39.7 Å². The van der Waals surface area contributed by atoms with E-state index in [-0.39, 0.29) is 35.8 Å². The molecule has 0 saturated carbocycles. The lowest BCUT2D eigenvalue weighted by Crippen LogP contribution is -2.52. The summed E-state index contributed by atoms with van der Waals surface area (Å²) in [6.45, 7) is 4.46. The van der Waals surface area contributed by atoms with Crippen LogP contribution in [0.15, 0.2) is 46.7 Å². The maximum absolute atomic E-state index is 12.6. The number of benzene rings is 1. The minimum Gasteiger partial charge on any atom is -0.333 e. The van der Waals surface area contributed by atoms with Gasteiger partial charge in [-0.05, 0) is 42.6 Å². The molecule has 1 aliphatic rings. The fourth-order valence-corrected chi connectivity index (χ4v) is 4.49. The van der Waals surface area contributed by atoms with Crippen LogP contribution in [0.5, 0.6) is 0 Å². The summed E-state index contributed by atoms with van der Waals surface area (Å²) < 4.78 is 27.3. The summed E-state index contributed by atoms with van der Waals surface area (Å²) in [7, 11) is -3.59. The van der Waals surface area contributed by atoms with Gasteiger partial charge < -0.3 is 10.2 Å². The van der Waals surface area contributed by atoms with Crippen LogP contribution in [0.2, 0.25) is 0 Å². The van der Waals surface area contributed by atoms with Gasteiger partial charge in [-0.3, -0.25) is 4.79 Å². The Morgan fingerprint density at radius 1 is 1.31 bits per heavy atom. The van der Waals surface area contributed by atoms with Gasteiger partial charge in [0.25, 0.3) is 5.91 Å². The largest absolute Gasteiger partial charge is 0.333 e. The van der Waals surface area contributed by atoms with Crippen LogP contribution in [0.25, 0.3) is 0 Å². The molecule has 9 heteroatoms. The highest BCUT2D eigenvalue weighted by atomic mass is 35.5. The van der Waals surface area contributed by atoms with Crippen LogP contribution in [0.3, 0.4) is 0 Å². The highest BCUT2D eigenvalue weighted by molar-refractivity contribution is 7.89. The monoisotopic (exact) mass is 415 g/mol. The standard InChI is InChI=1S/C17H21N3O3S2.ClH/c1-13-11-18-8-9-20(13)17(21)14-4-6-16(7-5-14)25(22,23)19-12-15-3-2-10-24-15;/h2-7,10,13,18-19H,8-9,11-12H2,1H3;1H/t13-;/m0./s1. The summed E-state index contributed by atoms with van der Waals surface area (Å²) in [5.41, 5.74) is 0.506. The molecule has 26 heavy (non-hydrogen) atoms. The van der Waals surface area contributed by atoms with Gasteiger partial charge in [-0.2, -0.15) is 0 Å². The van der Waals surface area contributed by atoms with Gasteiger partial charge >= 0.3 is 0 Å². The molecule has 2 N–H and O–H groups in total. The van der Waals surface area contributed by atoms with Crippen LogP contribution >= 0.6 is 23.7 Å². The van der Waals surface area contributed by atoms with E-state index >= 15 is 0 Å². The average molecular weight is 416 g/mol. The summed E-state index contributed by atoms with van der Waals surface area (Å²) >= 11 is 1.50. The molecule has 1 aromatic heterocycles. The third kappa shape index (κ3) is 4.83. The zero-order valence-electron chi connectivity index (χ0n) is 14.3. The molecule has 2 heterocycles. The maximum atomic E-state index is 12.6. The molecule has 0 unspecified atom stereocenters. The third-order valence-corrected chi connectivity index (χ3v) is 6.48. The van der Waals surface area contributed by atoms with Crippen LogP contribution in [0.1, 0.15) is 22.2 Å². The fraction of sp³-hybridized carbons (Fsp3) is 0.353. The summed E-state index contributed by atoms with van der Waals surface area (Å²) in [4.78, 5) is 15.5. The minimum absolute atomic E-state index is 0. The van der Waals surface area contributed by atoms with Crippen molar-refractivity contribution in [1.29, 1.82) is 0 Å². The molecule has 1 fully saturated rings. The van der Waals surface area contributed by atoms with Gasteiger partial charge in [0.05, 0.1) is 4.90 Å². The Kier molecular flexibility index (Phi) is 7.19. The summed E-state index contributed by atoms with van der Waals surface area (Å²) in [6, 6.07) is 10.0. The maximum Gasteiger partial charge on any atom is 0.254 e. The molecule has 1 aromatic carbocycles. The van der Waals surface area contributed by atoms with Gasteiger partial charge in [0.2, 0.25) is 10.0 Å². The summed E-state index contributed by atoms with van der Waals surface area (Å²) in [5.74, 6) is -0.0653. The molecule has 1 saturated heterocycles. The Morgan fingerprint density at radius 3 is 2.65 bits per heavy atom. The van der Waals surface area contributed by atoms with Crippen LogP contribution in [0.4, 0.5) is 0 Å². The highest BCUT2D eigenvalue weighted by Crippen LogP contribution is 2.16. The zero-order chi connectivity index (χ0) is 17.9. The smallest absolute Gasteiger partial charge is 0.254 e. The molecular formula is C17H22ClN3O3S2. The molecule has 1 aliphatic heterocycles. The van der Waals surface area contributed by atoms with E-state index in [0.29, 0.717) is 12.1 Å². The SMILES string of the molecule is C[C@H]1CNCCN1C(=O)c1ccc(S(=O)(=O)NCc2cccs2)cc1.Cl. The Labute approximate surface area is 164 Å². The summed E-state index contributed by atoms with van der Waals surface area (Å²) in [6.07, 6.45) is 0. The van der Waals surface area contributed by atoms with E-state index < -0.39 is 10.0 Å². The van der Waals surface area contributed by atoms with E-state index in [9.17, 15) is 13.2 Å². The van der Waals surface area contributed by atoms with Gasteiger partial charge in [0, 0.05) is 42.7 Å². The molecule has 1 amide bonds. The topological polar surface area (TPSA) is 78.5 Å². The Morgan fingerprint density at radius 2 is 2.04 bits per heavy atom. The van der Waals surface area contributed by atoms with Gasteiger partial charge in [-0.1, -0.05) is 6.07 Å². The number of halogens is 1. The fourth-order valence-electron chi connectivity index (χ4n) is 2.75.